The molecule has 4 nitrogen and oxygen atoms in total. The monoisotopic (exact) mass is 300 g/mol. The summed E-state index contributed by atoms with van der Waals surface area (Å²) in [5.74, 6) is -0.312. The average molecular weight is 301 g/mol. The molecule has 3 rings (SSSR count). The lowest BCUT2D eigenvalue weighted by atomic mass is 10.1. The van der Waals surface area contributed by atoms with Gasteiger partial charge in [0.25, 0.3) is 0 Å². The number of hydrogen-bond acceptors (Lipinski definition) is 2. The van der Waals surface area contributed by atoms with E-state index in [0.717, 1.165) is 11.3 Å². The highest BCUT2D eigenvalue weighted by Crippen LogP contribution is 2.29. The first-order valence-electron chi connectivity index (χ1n) is 6.57. The maximum absolute atomic E-state index is 12.5. The SMILES string of the molecule is O=C1CN(C(=O)Cc2cccc(Cl)c2)c2ccccc2N1. The number of anilines is 2. The van der Waals surface area contributed by atoms with Crippen molar-refractivity contribution in [3.63, 3.8) is 0 Å². The molecule has 1 N–H and O–H groups in total. The fraction of sp³-hybridized carbons (Fsp3) is 0.125. The summed E-state index contributed by atoms with van der Waals surface area (Å²) < 4.78 is 0. The first-order chi connectivity index (χ1) is 10.1. The lowest BCUT2D eigenvalue weighted by molar-refractivity contribution is -0.121. The van der Waals surface area contributed by atoms with Crippen LogP contribution in [0.5, 0.6) is 0 Å². The second-order valence-corrected chi connectivity index (χ2v) is 5.29. The molecule has 0 saturated carbocycles. The molecule has 0 saturated heterocycles. The number of fused-ring (bicyclic) bond motifs is 1. The number of nitrogens with zero attached hydrogens (tertiary/aromatic N) is 1. The van der Waals surface area contributed by atoms with Gasteiger partial charge in [-0.2, -0.15) is 0 Å². The molecule has 0 spiro atoms. The van der Waals surface area contributed by atoms with Gasteiger partial charge in [-0.15, -0.1) is 0 Å². The van der Waals surface area contributed by atoms with E-state index in [1.807, 2.05) is 30.3 Å². The molecule has 2 aromatic carbocycles. The third-order valence-corrected chi connectivity index (χ3v) is 3.55. The summed E-state index contributed by atoms with van der Waals surface area (Å²) in [5.41, 5.74) is 2.22. The molecule has 1 aliphatic rings. The van der Waals surface area contributed by atoms with Crippen LogP contribution in [0.4, 0.5) is 11.4 Å². The number of halogens is 1. The fourth-order valence-electron chi connectivity index (χ4n) is 2.37. The molecule has 0 unspecified atom stereocenters. The molecular weight excluding hydrogens is 288 g/mol. The van der Waals surface area contributed by atoms with E-state index in [4.69, 9.17) is 11.6 Å². The van der Waals surface area contributed by atoms with Crippen LogP contribution in [0.2, 0.25) is 5.02 Å². The summed E-state index contributed by atoms with van der Waals surface area (Å²) in [6.45, 7) is 0.0381. The molecule has 106 valence electrons. The van der Waals surface area contributed by atoms with Crippen molar-refractivity contribution in [3.05, 3.63) is 59.1 Å². The van der Waals surface area contributed by atoms with Gasteiger partial charge in [0.2, 0.25) is 11.8 Å². The number of amides is 2. The Balaban J connectivity index is 1.86. The van der Waals surface area contributed by atoms with Crippen molar-refractivity contribution in [3.8, 4) is 0 Å². The maximum atomic E-state index is 12.5. The zero-order valence-corrected chi connectivity index (χ0v) is 11.9. The largest absolute Gasteiger partial charge is 0.323 e. The number of hydrogen-bond donors (Lipinski definition) is 1. The molecule has 0 aromatic heterocycles. The summed E-state index contributed by atoms with van der Waals surface area (Å²) in [4.78, 5) is 25.7. The first kappa shape index (κ1) is 13.6. The lowest BCUT2D eigenvalue weighted by Crippen LogP contribution is -2.42. The van der Waals surface area contributed by atoms with Crippen LogP contribution in [-0.4, -0.2) is 18.4 Å². The van der Waals surface area contributed by atoms with Crippen molar-refractivity contribution >= 4 is 34.8 Å². The summed E-state index contributed by atoms with van der Waals surface area (Å²) in [6.07, 6.45) is 0.210. The van der Waals surface area contributed by atoms with Crippen LogP contribution in [0.25, 0.3) is 0 Å². The van der Waals surface area contributed by atoms with E-state index < -0.39 is 0 Å². The number of rotatable bonds is 2. The van der Waals surface area contributed by atoms with Gasteiger partial charge in [0.1, 0.15) is 6.54 Å². The van der Waals surface area contributed by atoms with Gasteiger partial charge in [0.15, 0.2) is 0 Å². The van der Waals surface area contributed by atoms with Crippen molar-refractivity contribution in [1.29, 1.82) is 0 Å². The van der Waals surface area contributed by atoms with Crippen molar-refractivity contribution in [2.45, 2.75) is 6.42 Å². The summed E-state index contributed by atoms with van der Waals surface area (Å²) in [7, 11) is 0. The molecule has 2 amide bonds. The van der Waals surface area contributed by atoms with Gasteiger partial charge in [-0.25, -0.2) is 0 Å². The highest BCUT2D eigenvalue weighted by molar-refractivity contribution is 6.30. The Morgan fingerprint density at radius 1 is 1.19 bits per heavy atom. The number of carbonyl (C=O) groups is 2. The molecule has 1 aliphatic heterocycles. The van der Waals surface area contributed by atoms with Gasteiger partial charge in [-0.05, 0) is 29.8 Å². The zero-order chi connectivity index (χ0) is 14.8. The van der Waals surface area contributed by atoms with Crippen molar-refractivity contribution < 1.29 is 9.59 Å². The molecule has 5 heteroatoms. The minimum Gasteiger partial charge on any atom is -0.323 e. The Labute approximate surface area is 127 Å². The van der Waals surface area contributed by atoms with Crippen LogP contribution >= 0.6 is 11.6 Å². The van der Waals surface area contributed by atoms with E-state index in [2.05, 4.69) is 5.32 Å². The van der Waals surface area contributed by atoms with Crippen LogP contribution in [-0.2, 0) is 16.0 Å². The fourth-order valence-corrected chi connectivity index (χ4v) is 2.59. The van der Waals surface area contributed by atoms with Gasteiger partial charge in [0.05, 0.1) is 17.8 Å². The molecule has 0 radical (unpaired) electrons. The van der Waals surface area contributed by atoms with Crippen LogP contribution in [0.1, 0.15) is 5.56 Å². The van der Waals surface area contributed by atoms with E-state index >= 15 is 0 Å². The molecule has 0 bridgehead atoms. The zero-order valence-electron chi connectivity index (χ0n) is 11.2. The molecule has 21 heavy (non-hydrogen) atoms. The Bertz CT molecular complexity index is 715. The van der Waals surface area contributed by atoms with Crippen LogP contribution in [0, 0.1) is 0 Å². The smallest absolute Gasteiger partial charge is 0.244 e. The van der Waals surface area contributed by atoms with E-state index in [0.29, 0.717) is 10.7 Å². The highest BCUT2D eigenvalue weighted by Gasteiger charge is 2.26. The van der Waals surface area contributed by atoms with Crippen LogP contribution in [0.15, 0.2) is 48.5 Å². The summed E-state index contributed by atoms with van der Waals surface area (Å²) >= 11 is 5.93. The van der Waals surface area contributed by atoms with Gasteiger partial charge >= 0.3 is 0 Å². The predicted molar refractivity (Wildman–Crippen MR) is 82.6 cm³/mol. The normalized spacial score (nSPS) is 13.6. The minimum atomic E-state index is -0.187. The van der Waals surface area contributed by atoms with E-state index in [9.17, 15) is 9.59 Å². The number of carbonyl (C=O) groups excluding carboxylic acids is 2. The molecule has 0 aliphatic carbocycles. The third-order valence-electron chi connectivity index (χ3n) is 3.32. The average Bonchev–Trinajstić information content (AvgIpc) is 2.46. The van der Waals surface area contributed by atoms with E-state index in [1.54, 1.807) is 18.2 Å². The lowest BCUT2D eigenvalue weighted by Gasteiger charge is -2.29. The molecular formula is C16H13ClN2O2. The standard InChI is InChI=1S/C16H13ClN2O2/c17-12-5-3-4-11(8-12)9-16(21)19-10-15(20)18-13-6-1-2-7-14(13)19/h1-8H,9-10H2,(H,18,20). The van der Waals surface area contributed by atoms with Crippen molar-refractivity contribution in [1.82, 2.24) is 0 Å². The minimum absolute atomic E-state index is 0.0381. The Kier molecular flexibility index (Phi) is 3.62. The predicted octanol–water partition coefficient (Wildman–Crippen LogP) is 2.87. The van der Waals surface area contributed by atoms with Gasteiger partial charge < -0.3 is 10.2 Å². The number of para-hydroxylation sites is 2. The molecule has 0 fully saturated rings. The van der Waals surface area contributed by atoms with E-state index in [1.165, 1.54) is 4.90 Å². The van der Waals surface area contributed by atoms with E-state index in [-0.39, 0.29) is 24.8 Å². The maximum Gasteiger partial charge on any atom is 0.244 e. The van der Waals surface area contributed by atoms with Gasteiger partial charge in [-0.1, -0.05) is 35.9 Å². The summed E-state index contributed by atoms with van der Waals surface area (Å²) in [5, 5.41) is 3.36. The second kappa shape index (κ2) is 5.58. The Hall–Kier alpha value is -2.33. The van der Waals surface area contributed by atoms with Crippen LogP contribution in [0.3, 0.4) is 0 Å². The third kappa shape index (κ3) is 2.90. The molecule has 0 atom stereocenters. The topological polar surface area (TPSA) is 49.4 Å². The highest BCUT2D eigenvalue weighted by atomic mass is 35.5. The van der Waals surface area contributed by atoms with Crippen molar-refractivity contribution in [2.24, 2.45) is 0 Å². The Morgan fingerprint density at radius 3 is 2.81 bits per heavy atom. The number of benzene rings is 2. The summed E-state index contributed by atoms with van der Waals surface area (Å²) in [6, 6.07) is 14.5. The van der Waals surface area contributed by atoms with Gasteiger partial charge in [-0.3, -0.25) is 9.59 Å². The molecule has 1 heterocycles. The van der Waals surface area contributed by atoms with Crippen LogP contribution < -0.4 is 10.2 Å². The second-order valence-electron chi connectivity index (χ2n) is 4.85. The first-order valence-corrected chi connectivity index (χ1v) is 6.95. The van der Waals surface area contributed by atoms with Gasteiger partial charge in [0, 0.05) is 5.02 Å². The number of nitrogens with one attached hydrogen (secondary N) is 1. The van der Waals surface area contributed by atoms with Crippen molar-refractivity contribution in [2.75, 3.05) is 16.8 Å². The quantitative estimate of drug-likeness (QED) is 0.927. The Morgan fingerprint density at radius 2 is 2.00 bits per heavy atom. The molecule has 2 aromatic rings.